The van der Waals surface area contributed by atoms with Gasteiger partial charge in [-0.2, -0.15) is 0 Å². The highest BCUT2D eigenvalue weighted by molar-refractivity contribution is 5.71. The molecule has 0 aromatic heterocycles. The average Bonchev–Trinajstić information content (AvgIpc) is 2.63. The minimum Gasteiger partial charge on any atom is -0.457 e. The van der Waals surface area contributed by atoms with Crippen LogP contribution in [0.3, 0.4) is 0 Å². The quantitative estimate of drug-likeness (QED) is 0.328. The van der Waals surface area contributed by atoms with Gasteiger partial charge in [-0.05, 0) is 77.5 Å². The van der Waals surface area contributed by atoms with Gasteiger partial charge >= 0.3 is 0 Å². The van der Waals surface area contributed by atoms with E-state index in [9.17, 15) is 0 Å². The number of ether oxygens (including phenoxy) is 1. The van der Waals surface area contributed by atoms with Crippen LogP contribution in [-0.4, -0.2) is 6.54 Å². The molecule has 0 fully saturated rings. The van der Waals surface area contributed by atoms with Crippen LogP contribution in [0.25, 0.3) is 11.3 Å². The maximum Gasteiger partial charge on any atom is 0.128 e. The Morgan fingerprint density at radius 1 is 0.966 bits per heavy atom. The summed E-state index contributed by atoms with van der Waals surface area (Å²) in [6, 6.07) is 6.07. The second kappa shape index (κ2) is 11.8. The van der Waals surface area contributed by atoms with Gasteiger partial charge < -0.3 is 10.1 Å². The fraction of sp³-hybridized carbons (Fsp3) is 0.259. The molecule has 154 valence electrons. The van der Waals surface area contributed by atoms with E-state index in [0.717, 1.165) is 46.0 Å². The van der Waals surface area contributed by atoms with E-state index >= 15 is 0 Å². The SMILES string of the molecule is C=C(C)/C=C(\C=C/C)Oc1cc(C(=C)C)cc(C(=C)NC/C(C)=C/C=C(C)C)c1. The van der Waals surface area contributed by atoms with Crippen molar-refractivity contribution in [1.29, 1.82) is 0 Å². The van der Waals surface area contributed by atoms with Gasteiger partial charge in [0.1, 0.15) is 11.5 Å². The predicted molar refractivity (Wildman–Crippen MR) is 130 cm³/mol. The maximum atomic E-state index is 6.12. The largest absolute Gasteiger partial charge is 0.457 e. The van der Waals surface area contributed by atoms with Gasteiger partial charge in [0.2, 0.25) is 0 Å². The van der Waals surface area contributed by atoms with Crippen LogP contribution in [0, 0.1) is 0 Å². The van der Waals surface area contributed by atoms with Crippen molar-refractivity contribution in [1.82, 2.24) is 5.32 Å². The van der Waals surface area contributed by atoms with Crippen molar-refractivity contribution in [3.8, 4) is 5.75 Å². The Bertz CT molecular complexity index is 887. The van der Waals surface area contributed by atoms with Crippen LogP contribution >= 0.6 is 0 Å². The Morgan fingerprint density at radius 2 is 1.62 bits per heavy atom. The number of nitrogens with one attached hydrogen (secondary N) is 1. The minimum absolute atomic E-state index is 0.732. The first-order chi connectivity index (χ1) is 13.6. The predicted octanol–water partition coefficient (Wildman–Crippen LogP) is 7.61. The first-order valence-electron chi connectivity index (χ1n) is 9.85. The molecule has 29 heavy (non-hydrogen) atoms. The Balaban J connectivity index is 3.13. The van der Waals surface area contributed by atoms with Crippen molar-refractivity contribution >= 4 is 11.3 Å². The van der Waals surface area contributed by atoms with Crippen LogP contribution in [-0.2, 0) is 0 Å². The Labute approximate surface area is 177 Å². The molecule has 0 heterocycles. The summed E-state index contributed by atoms with van der Waals surface area (Å²) in [5.41, 5.74) is 7.26. The van der Waals surface area contributed by atoms with Crippen LogP contribution < -0.4 is 10.1 Å². The summed E-state index contributed by atoms with van der Waals surface area (Å²) >= 11 is 0. The molecule has 0 atom stereocenters. The molecule has 1 aromatic carbocycles. The normalized spacial score (nSPS) is 11.9. The summed E-state index contributed by atoms with van der Waals surface area (Å²) in [5, 5.41) is 3.41. The molecule has 1 rings (SSSR count). The van der Waals surface area contributed by atoms with Crippen LogP contribution in [0.1, 0.15) is 52.7 Å². The van der Waals surface area contributed by atoms with E-state index in [1.54, 1.807) is 0 Å². The first kappa shape index (κ1) is 24.0. The molecule has 2 heteroatoms. The standard InChI is InChI=1S/C27H35NO/c1-10-11-26(14-20(4)5)29-27-16-24(21(6)7)15-25(17-27)23(9)28-18-22(8)13-12-19(2)3/h10-17,28H,4,6,9,18H2,1-3,5,7-8H3/b11-10-,22-13+,26-14+. The Kier molecular flexibility index (Phi) is 9.74. The summed E-state index contributed by atoms with van der Waals surface area (Å²) in [4.78, 5) is 0. The van der Waals surface area contributed by atoms with E-state index < -0.39 is 0 Å². The van der Waals surface area contributed by atoms with Gasteiger partial charge in [0, 0.05) is 17.8 Å². The van der Waals surface area contributed by atoms with Crippen molar-refractivity contribution in [3.63, 3.8) is 0 Å². The Morgan fingerprint density at radius 3 is 2.17 bits per heavy atom. The van der Waals surface area contributed by atoms with Crippen LogP contribution in [0.2, 0.25) is 0 Å². The number of allylic oxidation sites excluding steroid dienone is 8. The molecule has 0 aliphatic carbocycles. The third-order valence-corrected chi connectivity index (χ3v) is 3.98. The number of benzene rings is 1. The summed E-state index contributed by atoms with van der Waals surface area (Å²) in [6.45, 7) is 25.1. The topological polar surface area (TPSA) is 21.3 Å². The zero-order valence-electron chi connectivity index (χ0n) is 18.9. The van der Waals surface area contributed by atoms with Crippen molar-refractivity contribution in [2.45, 2.75) is 41.5 Å². The fourth-order valence-electron chi connectivity index (χ4n) is 2.45. The van der Waals surface area contributed by atoms with Crippen molar-refractivity contribution in [2.75, 3.05) is 6.54 Å². The summed E-state index contributed by atoms with van der Waals surface area (Å²) < 4.78 is 6.12. The average molecular weight is 390 g/mol. The smallest absolute Gasteiger partial charge is 0.128 e. The second-order valence-corrected chi connectivity index (χ2v) is 7.61. The van der Waals surface area contributed by atoms with Crippen molar-refractivity contribution < 1.29 is 4.74 Å². The van der Waals surface area contributed by atoms with Gasteiger partial charge in [-0.15, -0.1) is 0 Å². The monoisotopic (exact) mass is 389 g/mol. The maximum absolute atomic E-state index is 6.12. The van der Waals surface area contributed by atoms with E-state index in [1.165, 1.54) is 11.1 Å². The lowest BCUT2D eigenvalue weighted by molar-refractivity contribution is 0.443. The van der Waals surface area contributed by atoms with E-state index in [2.05, 4.69) is 64.0 Å². The molecule has 0 amide bonds. The van der Waals surface area contributed by atoms with Crippen molar-refractivity contribution in [3.05, 3.63) is 102 Å². The van der Waals surface area contributed by atoms with E-state index in [1.807, 2.05) is 51.1 Å². The van der Waals surface area contributed by atoms with Gasteiger partial charge in [0.25, 0.3) is 0 Å². The minimum atomic E-state index is 0.732. The number of hydrogen-bond donors (Lipinski definition) is 1. The fourth-order valence-corrected chi connectivity index (χ4v) is 2.45. The van der Waals surface area contributed by atoms with E-state index in [-0.39, 0.29) is 0 Å². The van der Waals surface area contributed by atoms with E-state index in [4.69, 9.17) is 4.74 Å². The molecule has 0 unspecified atom stereocenters. The van der Waals surface area contributed by atoms with Gasteiger partial charge in [-0.25, -0.2) is 0 Å². The zero-order chi connectivity index (χ0) is 22.0. The summed E-state index contributed by atoms with van der Waals surface area (Å²) in [5.74, 6) is 1.48. The summed E-state index contributed by atoms with van der Waals surface area (Å²) in [7, 11) is 0. The zero-order valence-corrected chi connectivity index (χ0v) is 18.9. The second-order valence-electron chi connectivity index (χ2n) is 7.61. The van der Waals surface area contributed by atoms with Gasteiger partial charge in [0.05, 0.1) is 0 Å². The lowest BCUT2D eigenvalue weighted by Gasteiger charge is -2.15. The molecule has 2 nitrogen and oxygen atoms in total. The van der Waals surface area contributed by atoms with Crippen LogP contribution in [0.15, 0.2) is 90.8 Å². The van der Waals surface area contributed by atoms with Gasteiger partial charge in [-0.3, -0.25) is 0 Å². The van der Waals surface area contributed by atoms with Crippen LogP contribution in [0.4, 0.5) is 0 Å². The lowest BCUT2D eigenvalue weighted by Crippen LogP contribution is -2.14. The van der Waals surface area contributed by atoms with Crippen LogP contribution in [0.5, 0.6) is 5.75 Å². The molecular weight excluding hydrogens is 354 g/mol. The highest BCUT2D eigenvalue weighted by atomic mass is 16.5. The molecule has 0 spiro atoms. The van der Waals surface area contributed by atoms with Crippen molar-refractivity contribution in [2.24, 2.45) is 0 Å². The highest BCUT2D eigenvalue weighted by Gasteiger charge is 2.08. The molecule has 0 aliphatic rings. The molecule has 0 aliphatic heterocycles. The summed E-state index contributed by atoms with van der Waals surface area (Å²) in [6.07, 6.45) is 10.0. The van der Waals surface area contributed by atoms with Gasteiger partial charge in [0.15, 0.2) is 0 Å². The molecule has 0 bridgehead atoms. The highest BCUT2D eigenvalue weighted by Crippen LogP contribution is 2.26. The van der Waals surface area contributed by atoms with Gasteiger partial charge in [-0.1, -0.05) is 60.3 Å². The molecule has 0 saturated heterocycles. The third kappa shape index (κ3) is 9.16. The Hall–Kier alpha value is -3.00. The molecule has 0 radical (unpaired) electrons. The van der Waals surface area contributed by atoms with E-state index in [0.29, 0.717) is 0 Å². The lowest BCUT2D eigenvalue weighted by atomic mass is 10.0. The molecule has 0 saturated carbocycles. The third-order valence-electron chi connectivity index (χ3n) is 3.98. The molecule has 1 N–H and O–H groups in total. The number of hydrogen-bond acceptors (Lipinski definition) is 2. The molecule has 1 aromatic rings. The first-order valence-corrected chi connectivity index (χ1v) is 9.85. The molecular formula is C27H35NO. The number of rotatable bonds is 10.